The number of fused-ring (bicyclic) bond motifs is 1. The fourth-order valence-electron chi connectivity index (χ4n) is 1.36. The van der Waals surface area contributed by atoms with Crippen molar-refractivity contribution in [2.24, 2.45) is 0 Å². The lowest BCUT2D eigenvalue weighted by atomic mass is 10.1. The first kappa shape index (κ1) is 10.4. The Kier molecular flexibility index (Phi) is 2.61. The van der Waals surface area contributed by atoms with Crippen LogP contribution < -0.4 is 0 Å². The highest BCUT2D eigenvalue weighted by atomic mass is 32.2. The minimum absolute atomic E-state index is 0.0844. The van der Waals surface area contributed by atoms with Crippen LogP contribution in [0.25, 0.3) is 10.8 Å². The predicted molar refractivity (Wildman–Crippen MR) is 55.9 cm³/mol. The summed E-state index contributed by atoms with van der Waals surface area (Å²) >= 11 is -0.0844. The predicted octanol–water partition coefficient (Wildman–Crippen LogP) is 4.45. The van der Waals surface area contributed by atoms with E-state index >= 15 is 0 Å². The first-order chi connectivity index (χ1) is 7.04. The van der Waals surface area contributed by atoms with Crippen LogP contribution in [0.2, 0.25) is 0 Å². The van der Waals surface area contributed by atoms with E-state index in [1.54, 1.807) is 18.2 Å². The van der Waals surface area contributed by atoms with Gasteiger partial charge in [-0.15, -0.1) is 0 Å². The maximum absolute atomic E-state index is 12.1. The largest absolute Gasteiger partial charge is 0.446 e. The van der Waals surface area contributed by atoms with Crippen molar-refractivity contribution in [3.63, 3.8) is 0 Å². The molecule has 0 heterocycles. The molecule has 0 aromatic heterocycles. The summed E-state index contributed by atoms with van der Waals surface area (Å²) in [5.41, 5.74) is -4.22. The molecule has 0 atom stereocenters. The maximum Gasteiger partial charge on any atom is 0.446 e. The topological polar surface area (TPSA) is 0 Å². The summed E-state index contributed by atoms with van der Waals surface area (Å²) in [6.07, 6.45) is 0. The second kappa shape index (κ2) is 3.77. The molecule has 2 rings (SSSR count). The van der Waals surface area contributed by atoms with E-state index in [-0.39, 0.29) is 16.7 Å². The van der Waals surface area contributed by atoms with Crippen LogP contribution in [0.5, 0.6) is 0 Å². The van der Waals surface area contributed by atoms with E-state index in [2.05, 4.69) is 0 Å². The molecule has 15 heavy (non-hydrogen) atoms. The zero-order chi connectivity index (χ0) is 10.9. The van der Waals surface area contributed by atoms with Crippen molar-refractivity contribution < 1.29 is 13.2 Å². The van der Waals surface area contributed by atoms with Crippen LogP contribution in [0.15, 0.2) is 47.4 Å². The first-order valence-corrected chi connectivity index (χ1v) is 5.11. The zero-order valence-corrected chi connectivity index (χ0v) is 8.40. The average molecular weight is 228 g/mol. The van der Waals surface area contributed by atoms with E-state index in [0.717, 1.165) is 10.8 Å². The number of benzene rings is 2. The molecule has 0 unspecified atom stereocenters. The van der Waals surface area contributed by atoms with E-state index in [1.807, 2.05) is 18.2 Å². The van der Waals surface area contributed by atoms with Crippen molar-refractivity contribution in [3.8, 4) is 0 Å². The molecule has 0 radical (unpaired) electrons. The molecule has 0 aliphatic rings. The van der Waals surface area contributed by atoms with Crippen molar-refractivity contribution in [1.82, 2.24) is 0 Å². The van der Waals surface area contributed by atoms with Crippen molar-refractivity contribution >= 4 is 22.5 Å². The smallest absolute Gasteiger partial charge is 0.160 e. The summed E-state index contributed by atoms with van der Waals surface area (Å²) in [5, 5.41) is 1.77. The van der Waals surface area contributed by atoms with E-state index in [4.69, 9.17) is 0 Å². The van der Waals surface area contributed by atoms with Crippen molar-refractivity contribution in [2.75, 3.05) is 0 Å². The molecule has 4 heteroatoms. The van der Waals surface area contributed by atoms with Crippen molar-refractivity contribution in [3.05, 3.63) is 42.5 Å². The number of hydrogen-bond acceptors (Lipinski definition) is 1. The van der Waals surface area contributed by atoms with E-state index in [0.29, 0.717) is 0 Å². The third-order valence-corrected chi connectivity index (χ3v) is 2.68. The number of rotatable bonds is 1. The summed E-state index contributed by atoms with van der Waals surface area (Å²) in [6.45, 7) is 0. The monoisotopic (exact) mass is 228 g/mol. The Morgan fingerprint density at radius 2 is 1.53 bits per heavy atom. The Labute approximate surface area is 89.1 Å². The maximum atomic E-state index is 12.1. The van der Waals surface area contributed by atoms with Gasteiger partial charge in [0.15, 0.2) is 0 Å². The molecule has 2 aromatic rings. The third kappa shape index (κ3) is 2.65. The minimum Gasteiger partial charge on any atom is -0.160 e. The van der Waals surface area contributed by atoms with Crippen LogP contribution in [0.4, 0.5) is 13.2 Å². The van der Waals surface area contributed by atoms with Crippen LogP contribution in [0.1, 0.15) is 0 Å². The van der Waals surface area contributed by atoms with Gasteiger partial charge in [-0.1, -0.05) is 30.3 Å². The molecule has 0 fully saturated rings. The van der Waals surface area contributed by atoms with Gasteiger partial charge in [0, 0.05) is 4.90 Å². The average Bonchev–Trinajstić information content (AvgIpc) is 2.15. The summed E-state index contributed by atoms with van der Waals surface area (Å²) < 4.78 is 36.3. The van der Waals surface area contributed by atoms with Crippen LogP contribution in [0.3, 0.4) is 0 Å². The molecule has 0 aliphatic heterocycles. The molecule has 0 saturated carbocycles. The van der Waals surface area contributed by atoms with Crippen molar-refractivity contribution in [2.45, 2.75) is 10.4 Å². The highest BCUT2D eigenvalue weighted by molar-refractivity contribution is 8.00. The Hall–Kier alpha value is -1.16. The first-order valence-electron chi connectivity index (χ1n) is 4.29. The minimum atomic E-state index is -4.22. The SMILES string of the molecule is FC(F)(F)Sc1ccc2ccccc2c1. The molecule has 0 bridgehead atoms. The second-order valence-corrected chi connectivity index (χ2v) is 4.20. The fourth-order valence-corrected chi connectivity index (χ4v) is 1.95. The van der Waals surface area contributed by atoms with Gasteiger partial charge in [0.2, 0.25) is 0 Å². The summed E-state index contributed by atoms with van der Waals surface area (Å²) in [7, 11) is 0. The second-order valence-electron chi connectivity index (χ2n) is 3.06. The van der Waals surface area contributed by atoms with Crippen molar-refractivity contribution in [1.29, 1.82) is 0 Å². The van der Waals surface area contributed by atoms with E-state index in [9.17, 15) is 13.2 Å². The highest BCUT2D eigenvalue weighted by Crippen LogP contribution is 2.37. The van der Waals surface area contributed by atoms with E-state index in [1.165, 1.54) is 6.07 Å². The van der Waals surface area contributed by atoms with Crippen LogP contribution in [0, 0.1) is 0 Å². The van der Waals surface area contributed by atoms with Gasteiger partial charge in [-0.3, -0.25) is 0 Å². The van der Waals surface area contributed by atoms with Crippen LogP contribution >= 0.6 is 11.8 Å². The molecule has 78 valence electrons. The summed E-state index contributed by atoms with van der Waals surface area (Å²) in [6, 6.07) is 12.1. The molecular formula is C11H7F3S. The molecule has 0 amide bonds. The Morgan fingerprint density at radius 1 is 0.867 bits per heavy atom. The molecule has 0 saturated heterocycles. The van der Waals surface area contributed by atoms with Gasteiger partial charge < -0.3 is 0 Å². The Bertz CT molecular complexity index is 476. The van der Waals surface area contributed by atoms with Gasteiger partial charge >= 0.3 is 5.51 Å². The number of alkyl halides is 3. The quantitative estimate of drug-likeness (QED) is 0.650. The fraction of sp³-hybridized carbons (Fsp3) is 0.0909. The summed E-state index contributed by atoms with van der Waals surface area (Å²) in [4.78, 5) is 0.223. The van der Waals surface area contributed by atoms with Gasteiger partial charge in [0.05, 0.1) is 0 Å². The highest BCUT2D eigenvalue weighted by Gasteiger charge is 2.29. The number of hydrogen-bond donors (Lipinski definition) is 0. The number of halogens is 3. The Balaban J connectivity index is 2.39. The van der Waals surface area contributed by atoms with Gasteiger partial charge in [0.25, 0.3) is 0 Å². The van der Waals surface area contributed by atoms with Gasteiger partial charge in [-0.2, -0.15) is 13.2 Å². The van der Waals surface area contributed by atoms with Gasteiger partial charge in [0.1, 0.15) is 0 Å². The Morgan fingerprint density at radius 3 is 2.20 bits per heavy atom. The number of thioether (sulfide) groups is 1. The van der Waals surface area contributed by atoms with Crippen LogP contribution in [-0.2, 0) is 0 Å². The van der Waals surface area contributed by atoms with Crippen LogP contribution in [-0.4, -0.2) is 5.51 Å². The van der Waals surface area contributed by atoms with Gasteiger partial charge in [-0.05, 0) is 34.7 Å². The normalized spacial score (nSPS) is 11.9. The molecule has 0 aliphatic carbocycles. The molecule has 0 nitrogen and oxygen atoms in total. The lowest BCUT2D eigenvalue weighted by molar-refractivity contribution is -0.0328. The lowest BCUT2D eigenvalue weighted by Crippen LogP contribution is -1.98. The van der Waals surface area contributed by atoms with Gasteiger partial charge in [-0.25, -0.2) is 0 Å². The molecule has 0 spiro atoms. The molecular weight excluding hydrogens is 221 g/mol. The molecule has 0 N–H and O–H groups in total. The summed E-state index contributed by atoms with van der Waals surface area (Å²) in [5.74, 6) is 0. The van der Waals surface area contributed by atoms with E-state index < -0.39 is 5.51 Å². The third-order valence-electron chi connectivity index (χ3n) is 1.95. The molecule has 2 aromatic carbocycles. The zero-order valence-electron chi connectivity index (χ0n) is 7.58. The lowest BCUT2D eigenvalue weighted by Gasteiger charge is -2.06. The standard InChI is InChI=1S/C11H7F3S/c12-11(13,14)15-10-6-5-8-3-1-2-4-9(8)7-10/h1-7H.